The summed E-state index contributed by atoms with van der Waals surface area (Å²) in [6.07, 6.45) is 3.09. The van der Waals surface area contributed by atoms with Crippen molar-refractivity contribution < 1.29 is 4.79 Å². The van der Waals surface area contributed by atoms with Gasteiger partial charge in [0.25, 0.3) is 0 Å². The van der Waals surface area contributed by atoms with E-state index in [2.05, 4.69) is 21.2 Å². The van der Waals surface area contributed by atoms with Gasteiger partial charge in [-0.1, -0.05) is 6.08 Å². The molecule has 0 aliphatic rings. The average Bonchev–Trinajstić information content (AvgIpc) is 2.21. The summed E-state index contributed by atoms with van der Waals surface area (Å²) >= 11 is 3.28. The number of nitrogens with one attached hydrogen (secondary N) is 1. The number of nitriles is 1. The molecule has 0 saturated heterocycles. The maximum absolute atomic E-state index is 11.2. The molecule has 1 aromatic rings. The van der Waals surface area contributed by atoms with Crippen LogP contribution >= 0.6 is 15.9 Å². The molecule has 0 heterocycles. The lowest BCUT2D eigenvalue weighted by Crippen LogP contribution is -2.08. The van der Waals surface area contributed by atoms with E-state index in [0.29, 0.717) is 15.7 Å². The molecule has 0 aromatic heterocycles. The van der Waals surface area contributed by atoms with Crippen LogP contribution in [0.2, 0.25) is 0 Å². The SMILES string of the molecule is C/C=C/C(=O)Nc1ccc(C#N)cc1Br. The summed E-state index contributed by atoms with van der Waals surface area (Å²) in [5.74, 6) is -0.192. The van der Waals surface area contributed by atoms with Crippen molar-refractivity contribution in [1.29, 1.82) is 5.26 Å². The summed E-state index contributed by atoms with van der Waals surface area (Å²) < 4.78 is 0.694. The number of carbonyl (C=O) groups is 1. The number of halogens is 1. The van der Waals surface area contributed by atoms with Crippen LogP contribution in [0.5, 0.6) is 0 Å². The molecular weight excluding hydrogens is 256 g/mol. The van der Waals surface area contributed by atoms with Crippen molar-refractivity contribution in [2.45, 2.75) is 6.92 Å². The van der Waals surface area contributed by atoms with Crippen molar-refractivity contribution in [1.82, 2.24) is 0 Å². The molecule has 1 rings (SSSR count). The van der Waals surface area contributed by atoms with Crippen LogP contribution in [-0.2, 0) is 4.79 Å². The maximum atomic E-state index is 11.2. The number of nitrogens with zero attached hydrogens (tertiary/aromatic N) is 1. The van der Waals surface area contributed by atoms with Gasteiger partial charge in [-0.05, 0) is 47.1 Å². The molecule has 1 aromatic carbocycles. The van der Waals surface area contributed by atoms with Gasteiger partial charge in [0.15, 0.2) is 0 Å². The Kier molecular flexibility index (Phi) is 4.07. The molecule has 0 atom stereocenters. The number of hydrogen-bond acceptors (Lipinski definition) is 2. The summed E-state index contributed by atoms with van der Waals surface area (Å²) in [6.45, 7) is 1.77. The monoisotopic (exact) mass is 264 g/mol. The highest BCUT2D eigenvalue weighted by Crippen LogP contribution is 2.23. The molecule has 0 aliphatic heterocycles. The predicted molar refractivity (Wildman–Crippen MR) is 62.3 cm³/mol. The smallest absolute Gasteiger partial charge is 0.248 e. The zero-order chi connectivity index (χ0) is 11.3. The molecule has 1 N–H and O–H groups in total. The third-order valence-electron chi connectivity index (χ3n) is 1.67. The zero-order valence-corrected chi connectivity index (χ0v) is 9.71. The van der Waals surface area contributed by atoms with E-state index in [1.165, 1.54) is 6.08 Å². The Bertz CT molecular complexity index is 446. The van der Waals surface area contributed by atoms with Crippen molar-refractivity contribution in [2.24, 2.45) is 0 Å². The number of amides is 1. The Morgan fingerprint density at radius 3 is 2.87 bits per heavy atom. The van der Waals surface area contributed by atoms with E-state index in [9.17, 15) is 4.79 Å². The first-order chi connectivity index (χ1) is 7.17. The maximum Gasteiger partial charge on any atom is 0.248 e. The van der Waals surface area contributed by atoms with Crippen molar-refractivity contribution in [3.8, 4) is 6.07 Å². The number of benzene rings is 1. The van der Waals surface area contributed by atoms with Gasteiger partial charge in [-0.3, -0.25) is 4.79 Å². The van der Waals surface area contributed by atoms with Crippen LogP contribution in [0, 0.1) is 11.3 Å². The lowest BCUT2D eigenvalue weighted by molar-refractivity contribution is -0.111. The first kappa shape index (κ1) is 11.5. The van der Waals surface area contributed by atoms with Gasteiger partial charge >= 0.3 is 0 Å². The van der Waals surface area contributed by atoms with Crippen LogP contribution in [0.3, 0.4) is 0 Å². The quantitative estimate of drug-likeness (QED) is 0.836. The predicted octanol–water partition coefficient (Wildman–Crippen LogP) is 2.84. The molecule has 0 fully saturated rings. The molecule has 4 heteroatoms. The fourth-order valence-electron chi connectivity index (χ4n) is 1.01. The van der Waals surface area contributed by atoms with E-state index in [1.807, 2.05) is 6.07 Å². The van der Waals surface area contributed by atoms with Crippen molar-refractivity contribution >= 4 is 27.5 Å². The number of anilines is 1. The molecule has 0 unspecified atom stereocenters. The second kappa shape index (κ2) is 5.32. The Labute approximate surface area is 96.5 Å². The third-order valence-corrected chi connectivity index (χ3v) is 2.33. The van der Waals surface area contributed by atoms with Gasteiger partial charge in [-0.25, -0.2) is 0 Å². The number of allylic oxidation sites excluding steroid dienone is 1. The first-order valence-electron chi connectivity index (χ1n) is 4.30. The largest absolute Gasteiger partial charge is 0.321 e. The zero-order valence-electron chi connectivity index (χ0n) is 8.12. The summed E-state index contributed by atoms with van der Waals surface area (Å²) in [6, 6.07) is 7.01. The summed E-state index contributed by atoms with van der Waals surface area (Å²) in [5, 5.41) is 11.3. The highest BCUT2D eigenvalue weighted by molar-refractivity contribution is 9.10. The number of hydrogen-bond donors (Lipinski definition) is 1. The van der Waals surface area contributed by atoms with Gasteiger partial charge < -0.3 is 5.32 Å². The number of carbonyl (C=O) groups excluding carboxylic acids is 1. The van der Waals surface area contributed by atoms with Gasteiger partial charge in [0.2, 0.25) is 5.91 Å². The molecule has 3 nitrogen and oxygen atoms in total. The second-order valence-corrected chi connectivity index (χ2v) is 3.65. The number of rotatable bonds is 2. The van der Waals surface area contributed by atoms with Crippen LogP contribution in [0.1, 0.15) is 12.5 Å². The van der Waals surface area contributed by atoms with Crippen LogP contribution < -0.4 is 5.32 Å². The van der Waals surface area contributed by atoms with Gasteiger partial charge in [0.05, 0.1) is 17.3 Å². The fraction of sp³-hybridized carbons (Fsp3) is 0.0909. The van der Waals surface area contributed by atoms with E-state index in [-0.39, 0.29) is 5.91 Å². The Morgan fingerprint density at radius 2 is 2.33 bits per heavy atom. The van der Waals surface area contributed by atoms with Crippen molar-refractivity contribution in [3.63, 3.8) is 0 Å². The van der Waals surface area contributed by atoms with Gasteiger partial charge in [-0.15, -0.1) is 0 Å². The van der Waals surface area contributed by atoms with Crippen molar-refractivity contribution in [2.75, 3.05) is 5.32 Å². The first-order valence-corrected chi connectivity index (χ1v) is 5.10. The summed E-state index contributed by atoms with van der Waals surface area (Å²) in [7, 11) is 0. The second-order valence-electron chi connectivity index (χ2n) is 2.80. The minimum Gasteiger partial charge on any atom is -0.321 e. The lowest BCUT2D eigenvalue weighted by atomic mass is 10.2. The topological polar surface area (TPSA) is 52.9 Å². The molecule has 0 aliphatic carbocycles. The van der Waals surface area contributed by atoms with E-state index in [4.69, 9.17) is 5.26 Å². The van der Waals surface area contributed by atoms with Crippen LogP contribution in [0.15, 0.2) is 34.8 Å². The normalized spacial score (nSPS) is 9.93. The molecule has 1 amide bonds. The summed E-state index contributed by atoms with van der Waals surface area (Å²) in [5.41, 5.74) is 1.20. The van der Waals surface area contributed by atoms with Gasteiger partial charge in [-0.2, -0.15) is 5.26 Å². The molecular formula is C11H9BrN2O. The molecule has 0 bridgehead atoms. The minimum absolute atomic E-state index is 0.192. The Morgan fingerprint density at radius 1 is 1.60 bits per heavy atom. The molecule has 0 saturated carbocycles. The van der Waals surface area contributed by atoms with Gasteiger partial charge in [0.1, 0.15) is 0 Å². The lowest BCUT2D eigenvalue weighted by Gasteiger charge is -2.04. The molecule has 15 heavy (non-hydrogen) atoms. The van der Waals surface area contributed by atoms with Gasteiger partial charge in [0, 0.05) is 4.47 Å². The fourth-order valence-corrected chi connectivity index (χ4v) is 1.49. The standard InChI is InChI=1S/C11H9BrN2O/c1-2-3-11(15)14-10-5-4-8(7-13)6-9(10)12/h2-6H,1H3,(H,14,15)/b3-2+. The van der Waals surface area contributed by atoms with Crippen LogP contribution in [-0.4, -0.2) is 5.91 Å². The minimum atomic E-state index is -0.192. The van der Waals surface area contributed by atoms with E-state index in [0.717, 1.165) is 0 Å². The highest BCUT2D eigenvalue weighted by Gasteiger charge is 2.03. The van der Waals surface area contributed by atoms with E-state index >= 15 is 0 Å². The van der Waals surface area contributed by atoms with Crippen LogP contribution in [0.4, 0.5) is 5.69 Å². The van der Waals surface area contributed by atoms with E-state index < -0.39 is 0 Å². The highest BCUT2D eigenvalue weighted by atomic mass is 79.9. The summed E-state index contributed by atoms with van der Waals surface area (Å²) in [4.78, 5) is 11.2. The average molecular weight is 265 g/mol. The Hall–Kier alpha value is -1.60. The molecule has 0 radical (unpaired) electrons. The van der Waals surface area contributed by atoms with Crippen LogP contribution in [0.25, 0.3) is 0 Å². The molecule has 0 spiro atoms. The molecule has 76 valence electrons. The third kappa shape index (κ3) is 3.22. The van der Waals surface area contributed by atoms with E-state index in [1.54, 1.807) is 31.2 Å². The van der Waals surface area contributed by atoms with Crippen molar-refractivity contribution in [3.05, 3.63) is 40.4 Å². The Balaban J connectivity index is 2.88.